The predicted molar refractivity (Wildman–Crippen MR) is 188 cm³/mol. The third-order valence-corrected chi connectivity index (χ3v) is 10.2. The number of halogens is 1. The molecule has 0 saturated heterocycles. The molecule has 3 N–H and O–H groups in total. The maximum atomic E-state index is 14.4. The number of carbonyl (C=O) groups excluding carboxylic acids is 2. The molecule has 2 aliphatic rings. The van der Waals surface area contributed by atoms with Crippen molar-refractivity contribution in [3.05, 3.63) is 72.0 Å². The highest BCUT2D eigenvalue weighted by molar-refractivity contribution is 7.92. The number of anilines is 2. The zero-order valence-electron chi connectivity index (χ0n) is 29.1. The summed E-state index contributed by atoms with van der Waals surface area (Å²) in [6, 6.07) is 13.0. The predicted octanol–water partition coefficient (Wildman–Crippen LogP) is 5.31. The van der Waals surface area contributed by atoms with E-state index in [2.05, 4.69) is 10.0 Å². The third kappa shape index (κ3) is 9.60. The van der Waals surface area contributed by atoms with E-state index in [1.54, 1.807) is 38.2 Å². The number of urea groups is 1. The Hall–Kier alpha value is -4.60. The van der Waals surface area contributed by atoms with Crippen molar-refractivity contribution in [3.63, 3.8) is 0 Å². The van der Waals surface area contributed by atoms with Gasteiger partial charge in [0.05, 0.1) is 35.3 Å². The molecule has 0 aromatic heterocycles. The second-order valence-electron chi connectivity index (χ2n) is 12.9. The average Bonchev–Trinajstić information content (AvgIpc) is 3.57. The van der Waals surface area contributed by atoms with Crippen LogP contribution in [0.1, 0.15) is 50.4 Å². The summed E-state index contributed by atoms with van der Waals surface area (Å²) in [6.45, 7) is 6.06. The van der Waals surface area contributed by atoms with E-state index >= 15 is 0 Å². The first-order chi connectivity index (χ1) is 24.3. The Morgan fingerprint density at radius 2 is 1.73 bits per heavy atom. The molecule has 0 aliphatic carbocycles. The van der Waals surface area contributed by atoms with Crippen molar-refractivity contribution in [3.8, 4) is 17.2 Å². The number of ether oxygens (including phenoxy) is 4. The van der Waals surface area contributed by atoms with Crippen molar-refractivity contribution in [2.24, 2.45) is 5.92 Å². The highest BCUT2D eigenvalue weighted by atomic mass is 32.2. The summed E-state index contributed by atoms with van der Waals surface area (Å²) in [6.07, 6.45) is 1.39. The fraction of sp³-hybridized carbons (Fsp3) is 0.444. The molecule has 0 bridgehead atoms. The fourth-order valence-corrected chi connectivity index (χ4v) is 6.87. The molecular weight excluding hydrogens is 683 g/mol. The molecule has 2 aliphatic heterocycles. The molecule has 0 spiro atoms. The minimum absolute atomic E-state index is 0.100. The zero-order chi connectivity index (χ0) is 36.7. The Balaban J connectivity index is 1.39. The Morgan fingerprint density at radius 1 is 1.02 bits per heavy atom. The van der Waals surface area contributed by atoms with E-state index in [0.29, 0.717) is 30.2 Å². The van der Waals surface area contributed by atoms with E-state index in [0.717, 1.165) is 37.1 Å². The van der Waals surface area contributed by atoms with E-state index < -0.39 is 33.9 Å². The lowest BCUT2D eigenvalue weighted by atomic mass is 10.0. The number of nitrogens with one attached hydrogen (secondary N) is 2. The minimum Gasteiger partial charge on any atom is -0.490 e. The number of aliphatic hydroxyl groups excluding tert-OH is 1. The number of aliphatic hydroxyl groups is 1. The van der Waals surface area contributed by atoms with E-state index in [1.165, 1.54) is 21.9 Å². The largest absolute Gasteiger partial charge is 0.490 e. The highest BCUT2D eigenvalue weighted by Gasteiger charge is 2.31. The summed E-state index contributed by atoms with van der Waals surface area (Å²) in [5.74, 6) is 0.0387. The van der Waals surface area contributed by atoms with Gasteiger partial charge in [-0.05, 0) is 87.7 Å². The first-order valence-electron chi connectivity index (χ1n) is 16.9. The number of hydrogen-bond acceptors (Lipinski definition) is 9. The van der Waals surface area contributed by atoms with Crippen molar-refractivity contribution in [1.29, 1.82) is 0 Å². The van der Waals surface area contributed by atoms with Gasteiger partial charge in [0.1, 0.15) is 11.6 Å². The van der Waals surface area contributed by atoms with Crippen LogP contribution in [0, 0.1) is 11.7 Å². The number of nitrogens with zero attached hydrogens (tertiary/aromatic N) is 2. The summed E-state index contributed by atoms with van der Waals surface area (Å²) in [4.78, 5) is 30.5. The smallest absolute Gasteiger partial charge is 0.321 e. The molecule has 3 amide bonds. The normalized spacial score (nSPS) is 20.4. The summed E-state index contributed by atoms with van der Waals surface area (Å²) < 4.78 is 65.5. The van der Waals surface area contributed by atoms with Gasteiger partial charge in [0.2, 0.25) is 6.79 Å². The summed E-state index contributed by atoms with van der Waals surface area (Å²) in [5.41, 5.74) is 0.743. The Labute approximate surface area is 297 Å². The standard InChI is InChI=1S/C36H45FN4O9S/c1-23-19-41(24(2)21-42)35(43)30-17-28(39-51(45,46)29-12-8-26(37)9-13-29)11-14-31(30)50-25(3)7-5-6-16-47-34(23)20-40(4)36(44)38-27-10-15-32-33(18-27)49-22-48-32/h8-15,17-18,23-25,34,39,42H,5-7,16,19-22H2,1-4H3,(H,38,44)/t23-,24+,25+,34+/m0/s1. The topological polar surface area (TPSA) is 156 Å². The van der Waals surface area contributed by atoms with Crippen LogP contribution in [0.2, 0.25) is 0 Å². The van der Waals surface area contributed by atoms with Gasteiger partial charge in [-0.2, -0.15) is 0 Å². The van der Waals surface area contributed by atoms with Gasteiger partial charge in [-0.3, -0.25) is 9.52 Å². The molecule has 51 heavy (non-hydrogen) atoms. The molecule has 0 unspecified atom stereocenters. The molecule has 0 fully saturated rings. The quantitative estimate of drug-likeness (QED) is 0.280. The molecule has 3 aromatic rings. The van der Waals surface area contributed by atoms with E-state index in [-0.39, 0.29) is 66.4 Å². The minimum atomic E-state index is -4.11. The second kappa shape index (κ2) is 16.6. The third-order valence-electron chi connectivity index (χ3n) is 8.85. The molecule has 15 heteroatoms. The van der Waals surface area contributed by atoms with Crippen LogP contribution in [0.5, 0.6) is 17.2 Å². The lowest BCUT2D eigenvalue weighted by Crippen LogP contribution is -2.48. The van der Waals surface area contributed by atoms with E-state index in [9.17, 15) is 27.5 Å². The van der Waals surface area contributed by atoms with Gasteiger partial charge in [-0.25, -0.2) is 17.6 Å². The molecule has 3 aromatic carbocycles. The summed E-state index contributed by atoms with van der Waals surface area (Å²) in [5, 5.41) is 13.1. The molecule has 4 atom stereocenters. The second-order valence-corrected chi connectivity index (χ2v) is 14.6. The van der Waals surface area contributed by atoms with Gasteiger partial charge in [0.25, 0.3) is 15.9 Å². The van der Waals surface area contributed by atoms with Crippen LogP contribution < -0.4 is 24.2 Å². The van der Waals surface area contributed by atoms with Crippen molar-refractivity contribution < 1.29 is 46.5 Å². The van der Waals surface area contributed by atoms with Gasteiger partial charge in [0.15, 0.2) is 11.5 Å². The number of hydrogen-bond donors (Lipinski definition) is 3. The molecule has 2 heterocycles. The molecule has 276 valence electrons. The van der Waals surface area contributed by atoms with Gasteiger partial charge >= 0.3 is 6.03 Å². The first-order valence-corrected chi connectivity index (χ1v) is 18.4. The van der Waals surface area contributed by atoms with Crippen molar-refractivity contribution in [2.45, 2.75) is 63.2 Å². The molecule has 0 radical (unpaired) electrons. The zero-order valence-corrected chi connectivity index (χ0v) is 30.0. The van der Waals surface area contributed by atoms with Gasteiger partial charge in [0, 0.05) is 50.1 Å². The fourth-order valence-electron chi connectivity index (χ4n) is 5.82. The number of amides is 3. The SMILES string of the molecule is C[C@@H]1CCCCO[C@H](CN(C)C(=O)Nc2ccc3c(c2)OCO3)[C@@H](C)CN([C@H](C)CO)C(=O)c2cc(NS(=O)(=O)c3ccc(F)cc3)ccc2O1. The lowest BCUT2D eigenvalue weighted by Gasteiger charge is -2.35. The lowest BCUT2D eigenvalue weighted by molar-refractivity contribution is -0.0115. The number of carbonyl (C=O) groups is 2. The van der Waals surface area contributed by atoms with Gasteiger partial charge in [-0.1, -0.05) is 6.92 Å². The average molecular weight is 729 g/mol. The van der Waals surface area contributed by atoms with Gasteiger partial charge in [-0.15, -0.1) is 0 Å². The Bertz CT molecular complexity index is 1790. The first kappa shape index (κ1) is 37.7. The van der Waals surface area contributed by atoms with Crippen molar-refractivity contribution in [2.75, 3.05) is 50.2 Å². The molecule has 13 nitrogen and oxygen atoms in total. The van der Waals surface area contributed by atoms with E-state index in [4.69, 9.17) is 18.9 Å². The number of fused-ring (bicyclic) bond motifs is 2. The van der Waals surface area contributed by atoms with Crippen LogP contribution in [0.15, 0.2) is 65.6 Å². The Morgan fingerprint density at radius 3 is 2.47 bits per heavy atom. The number of sulfonamides is 1. The van der Waals surface area contributed by atoms with Crippen molar-refractivity contribution >= 4 is 33.3 Å². The van der Waals surface area contributed by atoms with Gasteiger partial charge < -0.3 is 39.2 Å². The molecule has 5 rings (SSSR count). The Kier molecular flexibility index (Phi) is 12.3. The number of rotatable bonds is 8. The monoisotopic (exact) mass is 728 g/mol. The van der Waals surface area contributed by atoms with Crippen LogP contribution in [0.3, 0.4) is 0 Å². The highest BCUT2D eigenvalue weighted by Crippen LogP contribution is 2.34. The van der Waals surface area contributed by atoms with Crippen LogP contribution in [0.4, 0.5) is 20.6 Å². The molecule has 0 saturated carbocycles. The number of benzene rings is 3. The summed E-state index contributed by atoms with van der Waals surface area (Å²) in [7, 11) is -2.45. The molecular formula is C36H45FN4O9S. The van der Waals surface area contributed by atoms with Crippen molar-refractivity contribution in [1.82, 2.24) is 9.80 Å². The number of likely N-dealkylation sites (N-methyl/N-ethyl adjacent to an activating group) is 1. The van der Waals surface area contributed by atoms with Crippen LogP contribution >= 0.6 is 0 Å². The van der Waals surface area contributed by atoms with E-state index in [1.807, 2.05) is 13.8 Å². The summed E-state index contributed by atoms with van der Waals surface area (Å²) >= 11 is 0. The van der Waals surface area contributed by atoms with Crippen LogP contribution in [-0.2, 0) is 14.8 Å². The maximum Gasteiger partial charge on any atom is 0.321 e. The maximum absolute atomic E-state index is 14.4. The van der Waals surface area contributed by atoms with Crippen LogP contribution in [-0.4, -0.2) is 93.7 Å². The van der Waals surface area contributed by atoms with Crippen LogP contribution in [0.25, 0.3) is 0 Å².